The van der Waals surface area contributed by atoms with Crippen LogP contribution in [0, 0.1) is 17.4 Å². The number of carbonyl (C=O) groups is 1. The Morgan fingerprint density at radius 2 is 2.21 bits per heavy atom. The molecule has 2 fully saturated rings. The van der Waals surface area contributed by atoms with Crippen molar-refractivity contribution in [2.24, 2.45) is 5.92 Å². The second kappa shape index (κ2) is 4.99. The van der Waals surface area contributed by atoms with Crippen molar-refractivity contribution in [3.05, 3.63) is 10.0 Å². The van der Waals surface area contributed by atoms with Gasteiger partial charge in [-0.2, -0.15) is 5.26 Å². The molecule has 7 heteroatoms. The summed E-state index contributed by atoms with van der Waals surface area (Å²) in [5.41, 5.74) is 0. The first-order chi connectivity index (χ1) is 9.17. The number of nitrogens with one attached hydrogen (secondary N) is 2. The molecule has 0 atom stereocenters. The molecule has 19 heavy (non-hydrogen) atoms. The molecule has 0 bridgehead atoms. The number of hydrogen-bond acceptors (Lipinski definition) is 5. The van der Waals surface area contributed by atoms with Crippen molar-refractivity contribution in [3.8, 4) is 6.19 Å². The summed E-state index contributed by atoms with van der Waals surface area (Å²) in [5.74, 6) is 0.491. The summed E-state index contributed by atoms with van der Waals surface area (Å²) < 4.78 is 0. The lowest BCUT2D eigenvalue weighted by atomic mass is 9.80. The molecule has 2 N–H and O–H groups in total. The summed E-state index contributed by atoms with van der Waals surface area (Å²) in [5, 5.41) is 15.1. The minimum atomic E-state index is -0.0297. The maximum atomic E-state index is 12.0. The highest BCUT2D eigenvalue weighted by Gasteiger charge is 2.35. The number of aromatic nitrogens is 1. The van der Waals surface area contributed by atoms with Crippen LogP contribution in [-0.4, -0.2) is 16.9 Å². The van der Waals surface area contributed by atoms with Crippen LogP contribution in [0.4, 0.5) is 5.13 Å². The van der Waals surface area contributed by atoms with E-state index in [9.17, 15) is 4.79 Å². The van der Waals surface area contributed by atoms with Gasteiger partial charge in [-0.3, -0.25) is 4.79 Å². The number of hydrogen-bond donors (Lipinski definition) is 2. The first-order valence-corrected chi connectivity index (χ1v) is 7.48. The van der Waals surface area contributed by atoms with Crippen LogP contribution >= 0.6 is 22.9 Å². The van der Waals surface area contributed by atoms with E-state index < -0.39 is 0 Å². The largest absolute Gasteiger partial charge is 0.321 e. The Hall–Kier alpha value is -1.32. The van der Waals surface area contributed by atoms with Gasteiger partial charge < -0.3 is 10.6 Å². The van der Waals surface area contributed by atoms with E-state index in [2.05, 4.69) is 15.6 Å². The Labute approximate surface area is 120 Å². The molecule has 0 aliphatic heterocycles. The summed E-state index contributed by atoms with van der Waals surface area (Å²) >= 11 is 7.54. The number of nitrogens with zero attached hydrogens (tertiary/aromatic N) is 2. The number of amides is 1. The van der Waals surface area contributed by atoms with E-state index >= 15 is 0 Å². The number of rotatable bonds is 4. The third kappa shape index (κ3) is 2.67. The Balaban J connectivity index is 1.55. The van der Waals surface area contributed by atoms with Crippen molar-refractivity contribution in [1.82, 2.24) is 10.3 Å². The second-order valence-electron chi connectivity index (χ2n) is 5.06. The highest BCUT2D eigenvalue weighted by Crippen LogP contribution is 2.47. The van der Waals surface area contributed by atoms with Gasteiger partial charge in [-0.15, -0.1) is 0 Å². The van der Waals surface area contributed by atoms with Crippen LogP contribution in [-0.2, 0) is 4.79 Å². The molecule has 0 aromatic carbocycles. The van der Waals surface area contributed by atoms with E-state index in [0.29, 0.717) is 29.0 Å². The standard InChI is InChI=1S/C12H13ClN4OS/c13-10-9(6-1-2-6)19-12(16-10)17-11(18)7-3-8(4-7)15-5-14/h6-8,15H,1-4H2,(H,16,17,18)/t7-,8-. The molecular weight excluding hydrogens is 284 g/mol. The number of thiazole rings is 1. The van der Waals surface area contributed by atoms with E-state index in [0.717, 1.165) is 4.88 Å². The van der Waals surface area contributed by atoms with Gasteiger partial charge in [0, 0.05) is 16.8 Å². The van der Waals surface area contributed by atoms with Crippen molar-refractivity contribution in [1.29, 1.82) is 5.26 Å². The van der Waals surface area contributed by atoms with Gasteiger partial charge >= 0.3 is 0 Å². The van der Waals surface area contributed by atoms with Crippen molar-refractivity contribution in [3.63, 3.8) is 0 Å². The molecule has 2 saturated carbocycles. The number of carbonyl (C=O) groups excluding carboxylic acids is 1. The van der Waals surface area contributed by atoms with Gasteiger partial charge in [0.15, 0.2) is 11.3 Å². The third-order valence-electron chi connectivity index (χ3n) is 3.57. The first-order valence-electron chi connectivity index (χ1n) is 6.29. The van der Waals surface area contributed by atoms with Crippen LogP contribution < -0.4 is 10.6 Å². The zero-order valence-corrected chi connectivity index (χ0v) is 11.7. The maximum Gasteiger partial charge on any atom is 0.229 e. The number of nitriles is 1. The minimum absolute atomic E-state index is 0.0243. The molecule has 3 rings (SSSR count). The van der Waals surface area contributed by atoms with Gasteiger partial charge in [-0.1, -0.05) is 22.9 Å². The van der Waals surface area contributed by atoms with Gasteiger partial charge in [-0.05, 0) is 31.6 Å². The SMILES string of the molecule is N#CN[C@H]1C[C@H](C(=O)Nc2nc(Cl)c(C3CC3)s2)C1. The third-order valence-corrected chi connectivity index (χ3v) is 5.10. The van der Waals surface area contributed by atoms with E-state index in [-0.39, 0.29) is 17.9 Å². The average molecular weight is 297 g/mol. The van der Waals surface area contributed by atoms with Crippen LogP contribution in [0.2, 0.25) is 5.15 Å². The van der Waals surface area contributed by atoms with Crippen molar-refractivity contribution < 1.29 is 4.79 Å². The zero-order valence-electron chi connectivity index (χ0n) is 10.1. The van der Waals surface area contributed by atoms with Gasteiger partial charge in [0.05, 0.1) is 0 Å². The number of anilines is 1. The van der Waals surface area contributed by atoms with E-state index in [1.54, 1.807) is 0 Å². The topological polar surface area (TPSA) is 77.8 Å². The molecule has 0 spiro atoms. The Morgan fingerprint density at radius 3 is 2.84 bits per heavy atom. The predicted molar refractivity (Wildman–Crippen MR) is 73.0 cm³/mol. The lowest BCUT2D eigenvalue weighted by Gasteiger charge is -2.32. The van der Waals surface area contributed by atoms with Crippen molar-refractivity contribution in [2.45, 2.75) is 37.6 Å². The van der Waals surface area contributed by atoms with Crippen LogP contribution in [0.3, 0.4) is 0 Å². The molecule has 1 aromatic rings. The van der Waals surface area contributed by atoms with Crippen molar-refractivity contribution in [2.75, 3.05) is 5.32 Å². The lowest BCUT2D eigenvalue weighted by molar-refractivity contribution is -0.122. The van der Waals surface area contributed by atoms with Crippen LogP contribution in [0.5, 0.6) is 0 Å². The highest BCUT2D eigenvalue weighted by molar-refractivity contribution is 7.16. The molecule has 2 aliphatic carbocycles. The van der Waals surface area contributed by atoms with Gasteiger partial charge in [0.1, 0.15) is 5.15 Å². The monoisotopic (exact) mass is 296 g/mol. The van der Waals surface area contributed by atoms with Gasteiger partial charge in [-0.25, -0.2) is 4.98 Å². The number of halogens is 1. The Kier molecular flexibility index (Phi) is 3.33. The fraction of sp³-hybridized carbons (Fsp3) is 0.583. The molecule has 5 nitrogen and oxygen atoms in total. The highest BCUT2D eigenvalue weighted by atomic mass is 35.5. The molecule has 2 aliphatic rings. The van der Waals surface area contributed by atoms with E-state index in [1.807, 2.05) is 6.19 Å². The van der Waals surface area contributed by atoms with Crippen molar-refractivity contribution >= 4 is 34.0 Å². The van der Waals surface area contributed by atoms with E-state index in [1.165, 1.54) is 24.2 Å². The lowest BCUT2D eigenvalue weighted by Crippen LogP contribution is -2.44. The fourth-order valence-corrected chi connectivity index (χ4v) is 3.65. The molecule has 1 aromatic heterocycles. The zero-order chi connectivity index (χ0) is 13.4. The molecule has 1 heterocycles. The van der Waals surface area contributed by atoms with E-state index in [4.69, 9.17) is 16.9 Å². The Bertz CT molecular complexity index is 542. The fourth-order valence-electron chi connectivity index (χ4n) is 2.21. The van der Waals surface area contributed by atoms with Crippen LogP contribution in [0.25, 0.3) is 0 Å². The summed E-state index contributed by atoms with van der Waals surface area (Å²) in [6.07, 6.45) is 5.64. The second-order valence-corrected chi connectivity index (χ2v) is 6.45. The quantitative estimate of drug-likeness (QED) is 0.661. The predicted octanol–water partition coefficient (Wildman–Crippen LogP) is 2.46. The molecule has 1 amide bonds. The van der Waals surface area contributed by atoms with Gasteiger partial charge in [0.25, 0.3) is 0 Å². The molecular formula is C12H13ClN4OS. The summed E-state index contributed by atoms with van der Waals surface area (Å²) in [4.78, 5) is 17.2. The summed E-state index contributed by atoms with van der Waals surface area (Å²) in [7, 11) is 0. The Morgan fingerprint density at radius 1 is 1.47 bits per heavy atom. The molecule has 0 unspecified atom stereocenters. The minimum Gasteiger partial charge on any atom is -0.321 e. The smallest absolute Gasteiger partial charge is 0.229 e. The maximum absolute atomic E-state index is 12.0. The summed E-state index contributed by atoms with van der Waals surface area (Å²) in [6.45, 7) is 0. The first kappa shape index (κ1) is 12.7. The average Bonchev–Trinajstić information content (AvgIpc) is 3.08. The van der Waals surface area contributed by atoms with Gasteiger partial charge in [0.2, 0.25) is 5.91 Å². The molecule has 100 valence electrons. The van der Waals surface area contributed by atoms with Crippen LogP contribution in [0.15, 0.2) is 0 Å². The molecule has 0 saturated heterocycles. The normalized spacial score (nSPS) is 25.3. The molecule has 0 radical (unpaired) electrons. The summed E-state index contributed by atoms with van der Waals surface area (Å²) in [6, 6.07) is 0.141. The van der Waals surface area contributed by atoms with Crippen LogP contribution in [0.1, 0.15) is 36.5 Å².